The number of rotatable bonds is 1. The van der Waals surface area contributed by atoms with Crippen LogP contribution < -0.4 is 0 Å². The zero-order chi connectivity index (χ0) is 6.69. The summed E-state index contributed by atoms with van der Waals surface area (Å²) in [5.74, 6) is 0.0509. The zero-order valence-electron chi connectivity index (χ0n) is 5.08. The van der Waals surface area contributed by atoms with Gasteiger partial charge in [-0.05, 0) is 0 Å². The van der Waals surface area contributed by atoms with Gasteiger partial charge in [-0.2, -0.15) is 5.26 Å². The Kier molecular flexibility index (Phi) is 2.04. The van der Waals surface area contributed by atoms with Crippen molar-refractivity contribution in [2.75, 3.05) is 13.2 Å². The summed E-state index contributed by atoms with van der Waals surface area (Å²) in [6, 6.07) is 2.00. The van der Waals surface area contributed by atoms with Gasteiger partial charge in [-0.15, -0.1) is 0 Å². The highest BCUT2D eigenvalue weighted by Crippen LogP contribution is 2.15. The lowest BCUT2D eigenvalue weighted by Gasteiger charge is -2.04. The van der Waals surface area contributed by atoms with E-state index in [2.05, 4.69) is 0 Å². The van der Waals surface area contributed by atoms with Gasteiger partial charge in [0.1, 0.15) is 0 Å². The predicted molar refractivity (Wildman–Crippen MR) is 30.5 cm³/mol. The number of nitriles is 1. The third kappa shape index (κ3) is 1.41. The average Bonchev–Trinajstić information content (AvgIpc) is 2.18. The van der Waals surface area contributed by atoms with E-state index in [9.17, 15) is 0 Å². The summed E-state index contributed by atoms with van der Waals surface area (Å²) in [4.78, 5) is 0. The molecule has 1 heterocycles. The first kappa shape index (κ1) is 6.53. The number of hydrogen-bond donors (Lipinski definition) is 1. The Hall–Kier alpha value is -0.590. The zero-order valence-corrected chi connectivity index (χ0v) is 5.08. The van der Waals surface area contributed by atoms with Crippen LogP contribution in [0.3, 0.4) is 0 Å². The maximum atomic E-state index is 9.04. The quantitative estimate of drug-likeness (QED) is 0.535. The molecule has 1 aliphatic rings. The number of aliphatic hydroxyl groups is 1. The second-order valence-electron chi connectivity index (χ2n) is 2.23. The average molecular weight is 127 g/mol. The van der Waals surface area contributed by atoms with Crippen LogP contribution in [0.2, 0.25) is 0 Å². The molecule has 1 fully saturated rings. The first-order valence-electron chi connectivity index (χ1n) is 2.97. The van der Waals surface area contributed by atoms with Gasteiger partial charge in [0.15, 0.2) is 0 Å². The first-order chi connectivity index (χ1) is 4.34. The molecular formula is C6H9NO2. The molecule has 3 heteroatoms. The van der Waals surface area contributed by atoms with Gasteiger partial charge in [-0.3, -0.25) is 0 Å². The fourth-order valence-corrected chi connectivity index (χ4v) is 0.900. The van der Waals surface area contributed by atoms with Crippen LogP contribution in [0.4, 0.5) is 0 Å². The SMILES string of the molecule is N#CC[C@H]1COC[C@H]1O. The van der Waals surface area contributed by atoms with E-state index in [1.165, 1.54) is 0 Å². The molecule has 0 unspecified atom stereocenters. The topological polar surface area (TPSA) is 53.2 Å². The normalized spacial score (nSPS) is 34.2. The summed E-state index contributed by atoms with van der Waals surface area (Å²) in [5.41, 5.74) is 0. The number of ether oxygens (including phenoxy) is 1. The highest BCUT2D eigenvalue weighted by molar-refractivity contribution is 4.83. The molecule has 50 valence electrons. The van der Waals surface area contributed by atoms with E-state index in [4.69, 9.17) is 15.1 Å². The highest BCUT2D eigenvalue weighted by Gasteiger charge is 2.25. The van der Waals surface area contributed by atoms with Crippen molar-refractivity contribution in [2.24, 2.45) is 5.92 Å². The fourth-order valence-electron chi connectivity index (χ4n) is 0.900. The molecule has 0 saturated carbocycles. The van der Waals surface area contributed by atoms with Crippen LogP contribution >= 0.6 is 0 Å². The molecule has 0 radical (unpaired) electrons. The van der Waals surface area contributed by atoms with Gasteiger partial charge in [0.25, 0.3) is 0 Å². The van der Waals surface area contributed by atoms with Gasteiger partial charge >= 0.3 is 0 Å². The molecule has 9 heavy (non-hydrogen) atoms. The van der Waals surface area contributed by atoms with Crippen molar-refractivity contribution < 1.29 is 9.84 Å². The summed E-state index contributed by atoms with van der Waals surface area (Å²) < 4.78 is 4.92. The van der Waals surface area contributed by atoms with Crippen LogP contribution in [-0.4, -0.2) is 24.4 Å². The lowest BCUT2D eigenvalue weighted by atomic mass is 10.0. The molecule has 0 aromatic carbocycles. The van der Waals surface area contributed by atoms with Crippen LogP contribution in [-0.2, 0) is 4.74 Å². The van der Waals surface area contributed by atoms with E-state index in [-0.39, 0.29) is 5.92 Å². The maximum Gasteiger partial charge on any atom is 0.0833 e. The van der Waals surface area contributed by atoms with Crippen molar-refractivity contribution in [2.45, 2.75) is 12.5 Å². The van der Waals surface area contributed by atoms with Crippen LogP contribution in [0.5, 0.6) is 0 Å². The fraction of sp³-hybridized carbons (Fsp3) is 0.833. The molecular weight excluding hydrogens is 118 g/mol. The van der Waals surface area contributed by atoms with Gasteiger partial charge in [0, 0.05) is 12.3 Å². The molecule has 0 amide bonds. The van der Waals surface area contributed by atoms with Crippen molar-refractivity contribution in [3.8, 4) is 6.07 Å². The lowest BCUT2D eigenvalue weighted by molar-refractivity contribution is 0.119. The molecule has 3 nitrogen and oxygen atoms in total. The molecule has 1 aliphatic heterocycles. The van der Waals surface area contributed by atoms with E-state index in [0.29, 0.717) is 19.6 Å². The Morgan fingerprint density at radius 2 is 2.44 bits per heavy atom. The molecule has 0 bridgehead atoms. The van der Waals surface area contributed by atoms with Gasteiger partial charge in [-0.1, -0.05) is 0 Å². The Labute approximate surface area is 53.9 Å². The highest BCUT2D eigenvalue weighted by atomic mass is 16.5. The molecule has 0 aromatic rings. The Morgan fingerprint density at radius 1 is 1.67 bits per heavy atom. The Bertz CT molecular complexity index is 130. The minimum Gasteiger partial charge on any atom is -0.390 e. The number of hydrogen-bond acceptors (Lipinski definition) is 3. The van der Waals surface area contributed by atoms with Gasteiger partial charge < -0.3 is 9.84 Å². The van der Waals surface area contributed by atoms with Crippen LogP contribution in [0.25, 0.3) is 0 Å². The van der Waals surface area contributed by atoms with E-state index in [1.807, 2.05) is 6.07 Å². The van der Waals surface area contributed by atoms with E-state index < -0.39 is 6.10 Å². The minimum atomic E-state index is -0.412. The molecule has 0 spiro atoms. The summed E-state index contributed by atoms with van der Waals surface area (Å²) in [7, 11) is 0. The molecule has 1 rings (SSSR count). The summed E-state index contributed by atoms with van der Waals surface area (Å²) in [6.07, 6.45) is -0.00843. The van der Waals surface area contributed by atoms with Gasteiger partial charge in [0.2, 0.25) is 0 Å². The second-order valence-corrected chi connectivity index (χ2v) is 2.23. The predicted octanol–water partition coefficient (Wildman–Crippen LogP) is -0.0926. The van der Waals surface area contributed by atoms with E-state index in [1.54, 1.807) is 0 Å². The third-order valence-corrected chi connectivity index (χ3v) is 1.52. The van der Waals surface area contributed by atoms with Crippen LogP contribution in [0, 0.1) is 17.2 Å². The van der Waals surface area contributed by atoms with Gasteiger partial charge in [-0.25, -0.2) is 0 Å². The molecule has 0 aliphatic carbocycles. The van der Waals surface area contributed by atoms with Crippen molar-refractivity contribution in [1.82, 2.24) is 0 Å². The third-order valence-electron chi connectivity index (χ3n) is 1.52. The summed E-state index contributed by atoms with van der Waals surface area (Å²) in [5, 5.41) is 17.3. The van der Waals surface area contributed by atoms with Crippen LogP contribution in [0.15, 0.2) is 0 Å². The molecule has 1 saturated heterocycles. The number of aliphatic hydroxyl groups excluding tert-OH is 1. The largest absolute Gasteiger partial charge is 0.390 e. The van der Waals surface area contributed by atoms with Crippen molar-refractivity contribution in [3.05, 3.63) is 0 Å². The molecule has 0 aromatic heterocycles. The first-order valence-corrected chi connectivity index (χ1v) is 2.97. The minimum absolute atomic E-state index is 0.0509. The smallest absolute Gasteiger partial charge is 0.0833 e. The van der Waals surface area contributed by atoms with Crippen molar-refractivity contribution in [1.29, 1.82) is 5.26 Å². The maximum absolute atomic E-state index is 9.04. The standard InChI is InChI=1S/C6H9NO2/c7-2-1-5-3-9-4-6(5)8/h5-6,8H,1,3-4H2/t5-,6+/m0/s1. The van der Waals surface area contributed by atoms with E-state index in [0.717, 1.165) is 0 Å². The molecule has 2 atom stereocenters. The van der Waals surface area contributed by atoms with Gasteiger partial charge in [0.05, 0.1) is 25.4 Å². The van der Waals surface area contributed by atoms with Crippen molar-refractivity contribution >= 4 is 0 Å². The Balaban J connectivity index is 2.33. The summed E-state index contributed by atoms with van der Waals surface area (Å²) in [6.45, 7) is 0.932. The lowest BCUT2D eigenvalue weighted by Crippen LogP contribution is -2.16. The van der Waals surface area contributed by atoms with E-state index >= 15 is 0 Å². The van der Waals surface area contributed by atoms with Crippen molar-refractivity contribution in [3.63, 3.8) is 0 Å². The molecule has 1 N–H and O–H groups in total. The second kappa shape index (κ2) is 2.81. The number of nitrogens with zero attached hydrogens (tertiary/aromatic N) is 1. The monoisotopic (exact) mass is 127 g/mol. The van der Waals surface area contributed by atoms with Crippen LogP contribution in [0.1, 0.15) is 6.42 Å². The summed E-state index contributed by atoms with van der Waals surface area (Å²) >= 11 is 0. The Morgan fingerprint density at radius 3 is 2.89 bits per heavy atom.